The second-order valence-corrected chi connectivity index (χ2v) is 10.4. The highest BCUT2D eigenvalue weighted by atomic mass is 32.2. The molecule has 162 valence electrons. The fourth-order valence-corrected chi connectivity index (χ4v) is 6.76. The number of anilines is 1. The maximum atomic E-state index is 13.7. The molecule has 0 unspecified atom stereocenters. The molecule has 0 amide bonds. The number of sulfonamides is 1. The maximum absolute atomic E-state index is 13.7. The van der Waals surface area contributed by atoms with Crippen LogP contribution in [0.5, 0.6) is 0 Å². The van der Waals surface area contributed by atoms with Gasteiger partial charge in [0.15, 0.2) is 0 Å². The zero-order valence-electron chi connectivity index (χ0n) is 18.1. The van der Waals surface area contributed by atoms with Gasteiger partial charge >= 0.3 is 0 Å². The fraction of sp³-hybridized carbons (Fsp3) is 0.308. The number of hydrogen-bond donors (Lipinski definition) is 0. The largest absolute Gasteiger partial charge is 0.376 e. The van der Waals surface area contributed by atoms with Crippen LogP contribution in [0.1, 0.15) is 22.3 Å². The molecule has 0 N–H and O–H groups in total. The highest BCUT2D eigenvalue weighted by molar-refractivity contribution is 7.93. The molecule has 1 saturated heterocycles. The van der Waals surface area contributed by atoms with Crippen LogP contribution < -0.4 is 4.31 Å². The standard InChI is InChI=1S/C26H29NO3S/c1-20-10-9-11-21(2)26(20)27-17-24(19-30-18-23-14-7-4-8-15-23)25(31(27,28)29)16-22-12-5-3-6-13-22/h3-15,24-25H,16-19H2,1-2H3/t24-,25-/m0/s1. The summed E-state index contributed by atoms with van der Waals surface area (Å²) in [7, 11) is -3.52. The lowest BCUT2D eigenvalue weighted by Gasteiger charge is -2.23. The zero-order valence-corrected chi connectivity index (χ0v) is 18.9. The van der Waals surface area contributed by atoms with Gasteiger partial charge in [0.2, 0.25) is 10.0 Å². The van der Waals surface area contributed by atoms with E-state index in [4.69, 9.17) is 4.74 Å². The fourth-order valence-electron chi connectivity index (χ4n) is 4.44. The third-order valence-corrected chi connectivity index (χ3v) is 8.29. The van der Waals surface area contributed by atoms with Crippen molar-refractivity contribution in [1.29, 1.82) is 0 Å². The molecule has 0 saturated carbocycles. The van der Waals surface area contributed by atoms with Crippen molar-refractivity contribution in [2.75, 3.05) is 17.5 Å². The highest BCUT2D eigenvalue weighted by Gasteiger charge is 2.47. The number of hydrogen-bond acceptors (Lipinski definition) is 3. The molecule has 1 fully saturated rings. The van der Waals surface area contributed by atoms with Gasteiger partial charge in [0, 0.05) is 12.5 Å². The van der Waals surface area contributed by atoms with Crippen molar-refractivity contribution in [3.63, 3.8) is 0 Å². The van der Waals surface area contributed by atoms with Gasteiger partial charge in [-0.25, -0.2) is 8.42 Å². The van der Waals surface area contributed by atoms with Crippen LogP contribution in [0.15, 0.2) is 78.9 Å². The Kier molecular flexibility index (Phi) is 6.44. The smallest absolute Gasteiger partial charge is 0.238 e. The highest BCUT2D eigenvalue weighted by Crippen LogP contribution is 2.37. The first-order valence-corrected chi connectivity index (χ1v) is 12.2. The lowest BCUT2D eigenvalue weighted by atomic mass is 9.99. The molecule has 2 atom stereocenters. The lowest BCUT2D eigenvalue weighted by molar-refractivity contribution is 0.0904. The number of benzene rings is 3. The third kappa shape index (κ3) is 4.68. The molecule has 5 heteroatoms. The summed E-state index contributed by atoms with van der Waals surface area (Å²) in [5.74, 6) is -0.104. The molecular weight excluding hydrogens is 406 g/mol. The second-order valence-electron chi connectivity index (χ2n) is 8.31. The van der Waals surface area contributed by atoms with Gasteiger partial charge in [0.25, 0.3) is 0 Å². The third-order valence-electron chi connectivity index (χ3n) is 6.03. The van der Waals surface area contributed by atoms with Crippen molar-refractivity contribution in [2.24, 2.45) is 5.92 Å². The molecule has 1 heterocycles. The van der Waals surface area contributed by atoms with Crippen molar-refractivity contribution in [1.82, 2.24) is 0 Å². The molecule has 4 nitrogen and oxygen atoms in total. The van der Waals surface area contributed by atoms with E-state index in [1.807, 2.05) is 92.7 Å². The van der Waals surface area contributed by atoms with Crippen LogP contribution in [0.25, 0.3) is 0 Å². The van der Waals surface area contributed by atoms with Crippen molar-refractivity contribution in [3.8, 4) is 0 Å². The van der Waals surface area contributed by atoms with E-state index in [0.717, 1.165) is 27.9 Å². The van der Waals surface area contributed by atoms with Crippen LogP contribution in [-0.4, -0.2) is 26.8 Å². The quantitative estimate of drug-likeness (QED) is 0.530. The molecular formula is C26H29NO3S. The molecule has 1 aliphatic rings. The predicted molar refractivity (Wildman–Crippen MR) is 126 cm³/mol. The summed E-state index contributed by atoms with van der Waals surface area (Å²) >= 11 is 0. The first kappa shape index (κ1) is 21.6. The molecule has 0 aromatic heterocycles. The topological polar surface area (TPSA) is 46.6 Å². The van der Waals surface area contributed by atoms with E-state index < -0.39 is 15.3 Å². The van der Waals surface area contributed by atoms with E-state index in [1.54, 1.807) is 4.31 Å². The Morgan fingerprint density at radius 1 is 0.839 bits per heavy atom. The summed E-state index contributed by atoms with van der Waals surface area (Å²) in [6.07, 6.45) is 0.490. The van der Waals surface area contributed by atoms with Gasteiger partial charge in [-0.2, -0.15) is 0 Å². The van der Waals surface area contributed by atoms with Crippen LogP contribution >= 0.6 is 0 Å². The maximum Gasteiger partial charge on any atom is 0.238 e. The van der Waals surface area contributed by atoms with Crippen molar-refractivity contribution >= 4 is 15.7 Å². The summed E-state index contributed by atoms with van der Waals surface area (Å²) in [6.45, 7) is 5.29. The van der Waals surface area contributed by atoms with E-state index in [1.165, 1.54) is 0 Å². The van der Waals surface area contributed by atoms with Crippen molar-refractivity contribution < 1.29 is 13.2 Å². The van der Waals surface area contributed by atoms with Gasteiger partial charge in [0.1, 0.15) is 0 Å². The average Bonchev–Trinajstić information content (AvgIpc) is 3.00. The number of nitrogens with zero attached hydrogens (tertiary/aromatic N) is 1. The molecule has 31 heavy (non-hydrogen) atoms. The number of ether oxygens (including phenoxy) is 1. The minimum Gasteiger partial charge on any atom is -0.376 e. The number of rotatable bonds is 7. The summed E-state index contributed by atoms with van der Waals surface area (Å²) in [5.41, 5.74) is 4.90. The molecule has 3 aromatic carbocycles. The Hall–Kier alpha value is -2.63. The van der Waals surface area contributed by atoms with Crippen LogP contribution in [0, 0.1) is 19.8 Å². The first-order valence-electron chi connectivity index (χ1n) is 10.7. The Balaban J connectivity index is 1.61. The van der Waals surface area contributed by atoms with E-state index in [-0.39, 0.29) is 5.92 Å². The molecule has 0 bridgehead atoms. The van der Waals surface area contributed by atoms with Gasteiger partial charge < -0.3 is 4.74 Å². The summed E-state index contributed by atoms with van der Waals surface area (Å²) in [6, 6.07) is 25.8. The minimum atomic E-state index is -3.52. The normalized spacial score (nSPS) is 20.1. The van der Waals surface area contributed by atoms with Gasteiger partial charge in [0.05, 0.1) is 24.2 Å². The van der Waals surface area contributed by atoms with E-state index in [2.05, 4.69) is 0 Å². The monoisotopic (exact) mass is 435 g/mol. The van der Waals surface area contributed by atoms with E-state index >= 15 is 0 Å². The Morgan fingerprint density at radius 3 is 2.03 bits per heavy atom. The van der Waals surface area contributed by atoms with Gasteiger partial charge in [-0.15, -0.1) is 0 Å². The average molecular weight is 436 g/mol. The summed E-state index contributed by atoms with van der Waals surface area (Å²) < 4.78 is 35.1. The Morgan fingerprint density at radius 2 is 1.42 bits per heavy atom. The molecule has 3 aromatic rings. The van der Waals surface area contributed by atoms with Crippen LogP contribution in [0.2, 0.25) is 0 Å². The van der Waals surface area contributed by atoms with Gasteiger partial charge in [-0.1, -0.05) is 78.9 Å². The van der Waals surface area contributed by atoms with Gasteiger partial charge in [-0.05, 0) is 42.5 Å². The second kappa shape index (κ2) is 9.25. The SMILES string of the molecule is Cc1cccc(C)c1N1C[C@@H](COCc2ccccc2)[C@H](Cc2ccccc2)S1(=O)=O. The summed E-state index contributed by atoms with van der Waals surface area (Å²) in [5, 5.41) is -0.510. The van der Waals surface area contributed by atoms with Crippen LogP contribution in [0.3, 0.4) is 0 Å². The van der Waals surface area contributed by atoms with E-state index in [9.17, 15) is 8.42 Å². The number of para-hydroxylation sites is 1. The molecule has 4 rings (SSSR count). The molecule has 1 aliphatic heterocycles. The van der Waals surface area contributed by atoms with Crippen molar-refractivity contribution in [3.05, 3.63) is 101 Å². The van der Waals surface area contributed by atoms with Gasteiger partial charge in [-0.3, -0.25) is 4.31 Å². The molecule has 0 spiro atoms. The molecule has 0 radical (unpaired) electrons. The minimum absolute atomic E-state index is 0.104. The van der Waals surface area contributed by atoms with Crippen molar-refractivity contribution in [2.45, 2.75) is 32.1 Å². The Labute approximate surface area is 185 Å². The first-order chi connectivity index (χ1) is 15.0. The number of aryl methyl sites for hydroxylation is 2. The van der Waals surface area contributed by atoms with E-state index in [0.29, 0.717) is 26.2 Å². The predicted octanol–water partition coefficient (Wildman–Crippen LogP) is 4.90. The Bertz CT molecular complexity index is 1090. The zero-order chi connectivity index (χ0) is 21.8. The molecule has 0 aliphatic carbocycles. The van der Waals surface area contributed by atoms with Crippen LogP contribution in [0.4, 0.5) is 5.69 Å². The lowest BCUT2D eigenvalue weighted by Crippen LogP contribution is -2.32. The summed E-state index contributed by atoms with van der Waals surface area (Å²) in [4.78, 5) is 0. The van der Waals surface area contributed by atoms with Crippen LogP contribution in [-0.2, 0) is 27.8 Å².